The SMILES string of the molecule is COCCOc1ccc(NC(=O)c2ccc(Br)nc2)cn1. The summed E-state index contributed by atoms with van der Waals surface area (Å²) >= 11 is 3.22. The molecule has 2 heterocycles. The Hall–Kier alpha value is -1.99. The second-order valence-corrected chi connectivity index (χ2v) is 4.86. The minimum Gasteiger partial charge on any atom is -0.475 e. The van der Waals surface area contributed by atoms with Crippen molar-refractivity contribution in [3.05, 3.63) is 46.8 Å². The summed E-state index contributed by atoms with van der Waals surface area (Å²) < 4.78 is 10.9. The fraction of sp³-hybridized carbons (Fsp3) is 0.214. The molecule has 7 heteroatoms. The molecule has 0 saturated heterocycles. The molecule has 110 valence electrons. The fourth-order valence-electron chi connectivity index (χ4n) is 1.48. The van der Waals surface area contributed by atoms with Crippen molar-refractivity contribution >= 4 is 27.5 Å². The molecule has 0 aliphatic rings. The molecule has 2 aromatic heterocycles. The molecule has 1 N–H and O–H groups in total. The van der Waals surface area contributed by atoms with E-state index < -0.39 is 0 Å². The number of carbonyl (C=O) groups excluding carboxylic acids is 1. The Morgan fingerprint density at radius 3 is 2.67 bits per heavy atom. The summed E-state index contributed by atoms with van der Waals surface area (Å²) in [6.07, 6.45) is 3.03. The third-order valence-corrected chi connectivity index (χ3v) is 2.99. The summed E-state index contributed by atoms with van der Waals surface area (Å²) in [5, 5.41) is 2.74. The molecule has 0 bridgehead atoms. The standard InChI is InChI=1S/C14H14BrN3O3/c1-20-6-7-21-13-5-3-11(9-17-13)18-14(19)10-2-4-12(15)16-8-10/h2-5,8-9H,6-7H2,1H3,(H,18,19). The van der Waals surface area contributed by atoms with Crippen molar-refractivity contribution in [3.8, 4) is 5.88 Å². The summed E-state index contributed by atoms with van der Waals surface area (Å²) in [5.74, 6) is 0.236. The normalized spacial score (nSPS) is 10.2. The van der Waals surface area contributed by atoms with Crippen LogP contribution in [0.5, 0.6) is 5.88 Å². The number of methoxy groups -OCH3 is 1. The molecule has 0 aromatic carbocycles. The summed E-state index contributed by atoms with van der Waals surface area (Å²) in [4.78, 5) is 20.1. The summed E-state index contributed by atoms with van der Waals surface area (Å²) in [5.41, 5.74) is 1.06. The van der Waals surface area contributed by atoms with Gasteiger partial charge in [0.05, 0.1) is 24.1 Å². The van der Waals surface area contributed by atoms with Gasteiger partial charge in [0, 0.05) is 19.4 Å². The Morgan fingerprint density at radius 1 is 1.19 bits per heavy atom. The lowest BCUT2D eigenvalue weighted by Crippen LogP contribution is -2.12. The van der Waals surface area contributed by atoms with E-state index in [1.54, 1.807) is 31.4 Å². The van der Waals surface area contributed by atoms with Crippen LogP contribution in [0.15, 0.2) is 41.3 Å². The Bertz CT molecular complexity index is 587. The molecule has 0 aliphatic carbocycles. The molecule has 1 amide bonds. The van der Waals surface area contributed by atoms with E-state index in [2.05, 4.69) is 31.2 Å². The number of aromatic nitrogens is 2. The van der Waals surface area contributed by atoms with Crippen LogP contribution in [-0.2, 0) is 4.74 Å². The second-order valence-electron chi connectivity index (χ2n) is 4.05. The van der Waals surface area contributed by atoms with E-state index in [1.807, 2.05) is 0 Å². The number of pyridine rings is 2. The maximum absolute atomic E-state index is 12.0. The smallest absolute Gasteiger partial charge is 0.257 e. The van der Waals surface area contributed by atoms with Crippen molar-refractivity contribution in [2.24, 2.45) is 0 Å². The second kappa shape index (κ2) is 7.70. The molecule has 0 saturated carbocycles. The highest BCUT2D eigenvalue weighted by Gasteiger charge is 2.07. The van der Waals surface area contributed by atoms with Gasteiger partial charge in [-0.3, -0.25) is 4.79 Å². The Morgan fingerprint density at radius 2 is 2.05 bits per heavy atom. The molecule has 6 nitrogen and oxygen atoms in total. The highest BCUT2D eigenvalue weighted by molar-refractivity contribution is 9.10. The number of ether oxygens (including phenoxy) is 2. The Labute approximate surface area is 130 Å². The van der Waals surface area contributed by atoms with Crippen LogP contribution in [0, 0.1) is 0 Å². The van der Waals surface area contributed by atoms with Gasteiger partial charge >= 0.3 is 0 Å². The van der Waals surface area contributed by atoms with Crippen LogP contribution in [0.3, 0.4) is 0 Å². The van der Waals surface area contributed by atoms with Crippen LogP contribution in [0.2, 0.25) is 0 Å². The largest absolute Gasteiger partial charge is 0.475 e. The summed E-state index contributed by atoms with van der Waals surface area (Å²) in [6.45, 7) is 0.927. The number of halogens is 1. The minimum atomic E-state index is -0.246. The van der Waals surface area contributed by atoms with Gasteiger partial charge in [-0.1, -0.05) is 0 Å². The van der Waals surface area contributed by atoms with Crippen molar-refractivity contribution in [2.45, 2.75) is 0 Å². The zero-order valence-electron chi connectivity index (χ0n) is 11.4. The first kappa shape index (κ1) is 15.4. The highest BCUT2D eigenvalue weighted by Crippen LogP contribution is 2.13. The van der Waals surface area contributed by atoms with Gasteiger partial charge in [0.25, 0.3) is 5.91 Å². The van der Waals surface area contributed by atoms with Gasteiger partial charge in [0.2, 0.25) is 5.88 Å². The number of amides is 1. The molecule has 0 unspecified atom stereocenters. The average molecular weight is 352 g/mol. The molecule has 2 aromatic rings. The molecule has 2 rings (SSSR count). The maximum atomic E-state index is 12.0. The summed E-state index contributed by atoms with van der Waals surface area (Å²) in [6, 6.07) is 6.80. The number of hydrogen-bond donors (Lipinski definition) is 1. The molecule has 0 fully saturated rings. The zero-order chi connectivity index (χ0) is 15.1. The van der Waals surface area contributed by atoms with Crippen molar-refractivity contribution in [1.29, 1.82) is 0 Å². The lowest BCUT2D eigenvalue weighted by molar-refractivity contribution is 0.102. The lowest BCUT2D eigenvalue weighted by atomic mass is 10.2. The Kier molecular flexibility index (Phi) is 5.65. The molecular weight excluding hydrogens is 338 g/mol. The van der Waals surface area contributed by atoms with Gasteiger partial charge in [-0.2, -0.15) is 0 Å². The van der Waals surface area contributed by atoms with Crippen molar-refractivity contribution in [1.82, 2.24) is 9.97 Å². The molecule has 0 spiro atoms. The van der Waals surface area contributed by atoms with Crippen LogP contribution in [0.1, 0.15) is 10.4 Å². The van der Waals surface area contributed by atoms with Gasteiger partial charge in [-0.25, -0.2) is 9.97 Å². The predicted octanol–water partition coefficient (Wildman–Crippen LogP) is 2.52. The zero-order valence-corrected chi connectivity index (χ0v) is 13.0. The van der Waals surface area contributed by atoms with Crippen LogP contribution in [0.25, 0.3) is 0 Å². The van der Waals surface area contributed by atoms with Crippen LogP contribution in [0.4, 0.5) is 5.69 Å². The van der Waals surface area contributed by atoms with Crippen LogP contribution in [-0.4, -0.2) is 36.2 Å². The monoisotopic (exact) mass is 351 g/mol. The van der Waals surface area contributed by atoms with Gasteiger partial charge < -0.3 is 14.8 Å². The third-order valence-electron chi connectivity index (χ3n) is 2.52. The molecule has 0 radical (unpaired) electrons. The Balaban J connectivity index is 1.93. The van der Waals surface area contributed by atoms with Gasteiger partial charge in [-0.15, -0.1) is 0 Å². The highest BCUT2D eigenvalue weighted by atomic mass is 79.9. The van der Waals surface area contributed by atoms with Crippen molar-refractivity contribution < 1.29 is 14.3 Å². The van der Waals surface area contributed by atoms with E-state index in [9.17, 15) is 4.79 Å². The first-order valence-corrected chi connectivity index (χ1v) is 6.99. The number of anilines is 1. The molecule has 21 heavy (non-hydrogen) atoms. The van der Waals surface area contributed by atoms with Crippen LogP contribution >= 0.6 is 15.9 Å². The van der Waals surface area contributed by atoms with E-state index in [4.69, 9.17) is 9.47 Å². The fourth-order valence-corrected chi connectivity index (χ4v) is 1.72. The van der Waals surface area contributed by atoms with Gasteiger partial charge in [0.1, 0.15) is 11.2 Å². The van der Waals surface area contributed by atoms with Gasteiger partial charge in [0.15, 0.2) is 0 Å². The minimum absolute atomic E-state index is 0.246. The number of nitrogens with one attached hydrogen (secondary N) is 1. The first-order valence-electron chi connectivity index (χ1n) is 6.20. The number of nitrogens with zero attached hydrogens (tertiary/aromatic N) is 2. The van der Waals surface area contributed by atoms with E-state index >= 15 is 0 Å². The van der Waals surface area contributed by atoms with Gasteiger partial charge in [-0.05, 0) is 34.1 Å². The van der Waals surface area contributed by atoms with E-state index in [1.165, 1.54) is 12.4 Å². The van der Waals surface area contributed by atoms with E-state index in [-0.39, 0.29) is 5.91 Å². The van der Waals surface area contributed by atoms with Crippen molar-refractivity contribution in [2.75, 3.05) is 25.6 Å². The number of carbonyl (C=O) groups is 1. The quantitative estimate of drug-likeness (QED) is 0.639. The lowest BCUT2D eigenvalue weighted by Gasteiger charge is -2.07. The molecule has 0 aliphatic heterocycles. The number of rotatable bonds is 6. The predicted molar refractivity (Wildman–Crippen MR) is 81.5 cm³/mol. The average Bonchev–Trinajstić information content (AvgIpc) is 2.50. The third kappa shape index (κ3) is 4.80. The number of hydrogen-bond acceptors (Lipinski definition) is 5. The van der Waals surface area contributed by atoms with E-state index in [0.29, 0.717) is 34.9 Å². The van der Waals surface area contributed by atoms with Crippen molar-refractivity contribution in [3.63, 3.8) is 0 Å². The first-order chi connectivity index (χ1) is 10.2. The maximum Gasteiger partial charge on any atom is 0.257 e. The topological polar surface area (TPSA) is 73.3 Å². The molecule has 0 atom stereocenters. The van der Waals surface area contributed by atoms with E-state index in [0.717, 1.165) is 0 Å². The molecular formula is C14H14BrN3O3. The van der Waals surface area contributed by atoms with Crippen LogP contribution < -0.4 is 10.1 Å². The summed E-state index contributed by atoms with van der Waals surface area (Å²) in [7, 11) is 1.60.